The van der Waals surface area contributed by atoms with Gasteiger partial charge in [0.25, 0.3) is 0 Å². The van der Waals surface area contributed by atoms with Crippen LogP contribution >= 0.6 is 27.3 Å². The number of thiophene rings is 1. The van der Waals surface area contributed by atoms with Crippen molar-refractivity contribution in [1.82, 2.24) is 10.6 Å². The summed E-state index contributed by atoms with van der Waals surface area (Å²) in [5.74, 6) is 0.278. The predicted molar refractivity (Wildman–Crippen MR) is 105 cm³/mol. The van der Waals surface area contributed by atoms with Gasteiger partial charge >= 0.3 is 0 Å². The normalized spacial score (nSPS) is 13.2. The van der Waals surface area contributed by atoms with Gasteiger partial charge in [0.2, 0.25) is 5.91 Å². The topological polar surface area (TPSA) is 64.9 Å². The maximum absolute atomic E-state index is 12.8. The Morgan fingerprint density at radius 3 is 2.56 bits per heavy atom. The molecule has 0 aliphatic rings. The highest BCUT2D eigenvalue weighted by Crippen LogP contribution is 2.27. The number of carbonyl (C=O) groups excluding carboxylic acids is 1. The van der Waals surface area contributed by atoms with Crippen molar-refractivity contribution in [2.24, 2.45) is 5.92 Å². The molecule has 0 spiro atoms. The van der Waals surface area contributed by atoms with E-state index in [1.54, 1.807) is 11.3 Å². The van der Waals surface area contributed by atoms with Gasteiger partial charge in [0.1, 0.15) is 0 Å². The summed E-state index contributed by atoms with van der Waals surface area (Å²) in [6.45, 7) is 4.30. The molecule has 1 heterocycles. The Labute approximate surface area is 161 Å². The Hall–Kier alpha value is -1.68. The van der Waals surface area contributed by atoms with Crippen molar-refractivity contribution in [3.63, 3.8) is 0 Å². The zero-order chi connectivity index (χ0) is 18.2. The third kappa shape index (κ3) is 5.96. The second-order valence-electron chi connectivity index (χ2n) is 6.23. The molecule has 2 rings (SSSR count). The smallest absolute Gasteiger partial charge is 0.237 e. The summed E-state index contributed by atoms with van der Waals surface area (Å²) in [5, 5.41) is 17.0. The number of benzene rings is 1. The van der Waals surface area contributed by atoms with Gasteiger partial charge in [-0.1, -0.05) is 48.0 Å². The van der Waals surface area contributed by atoms with Gasteiger partial charge in [-0.15, -0.1) is 11.3 Å². The second kappa shape index (κ2) is 9.71. The molecule has 132 valence electrons. The van der Waals surface area contributed by atoms with Gasteiger partial charge in [-0.05, 0) is 41.5 Å². The zero-order valence-electron chi connectivity index (χ0n) is 14.3. The van der Waals surface area contributed by atoms with Crippen LogP contribution in [-0.4, -0.2) is 18.5 Å². The number of amides is 1. The molecule has 0 bridgehead atoms. The number of carbonyl (C=O) groups is 1. The predicted octanol–water partition coefficient (Wildman–Crippen LogP) is 4.24. The quantitative estimate of drug-likeness (QED) is 0.628. The molecule has 0 fully saturated rings. The summed E-state index contributed by atoms with van der Waals surface area (Å²) >= 11 is 5.06. The molecule has 2 aromatic rings. The Balaban J connectivity index is 2.21. The van der Waals surface area contributed by atoms with Gasteiger partial charge < -0.3 is 5.32 Å². The van der Waals surface area contributed by atoms with Crippen molar-refractivity contribution in [3.05, 3.63) is 56.7 Å². The molecule has 2 N–H and O–H groups in total. The van der Waals surface area contributed by atoms with Gasteiger partial charge in [-0.2, -0.15) is 5.26 Å². The number of nitriles is 1. The molecule has 1 aromatic carbocycles. The minimum atomic E-state index is -0.377. The van der Waals surface area contributed by atoms with Crippen LogP contribution in [0.5, 0.6) is 0 Å². The fraction of sp³-hybridized carbons (Fsp3) is 0.368. The summed E-state index contributed by atoms with van der Waals surface area (Å²) in [7, 11) is 0. The lowest BCUT2D eigenvalue weighted by Crippen LogP contribution is -2.46. The fourth-order valence-electron chi connectivity index (χ4n) is 2.60. The first-order valence-corrected chi connectivity index (χ1v) is 9.88. The van der Waals surface area contributed by atoms with Gasteiger partial charge in [-0.25, -0.2) is 0 Å². The molecular weight excluding hydrogens is 398 g/mol. The molecule has 0 saturated carbocycles. The van der Waals surface area contributed by atoms with Gasteiger partial charge in [0.15, 0.2) is 0 Å². The van der Waals surface area contributed by atoms with Crippen LogP contribution in [0.15, 0.2) is 46.3 Å². The minimum absolute atomic E-state index is 0.0785. The molecule has 1 amide bonds. The maximum Gasteiger partial charge on any atom is 0.237 e. The Morgan fingerprint density at radius 1 is 1.28 bits per heavy atom. The molecule has 0 unspecified atom stereocenters. The standard InChI is InChI=1S/C19H22BrN3OS/c1-13(2)12-16(22-10-9-21)19(24)23-18(17-4-3-11-25-17)14-5-7-15(20)8-6-14/h3-8,11,13,16,18,22H,10,12H2,1-2H3,(H,23,24)/t16-,18-/m0/s1. The van der Waals surface area contributed by atoms with E-state index in [-0.39, 0.29) is 24.5 Å². The lowest BCUT2D eigenvalue weighted by molar-refractivity contribution is -0.124. The average molecular weight is 420 g/mol. The highest BCUT2D eigenvalue weighted by molar-refractivity contribution is 9.10. The van der Waals surface area contributed by atoms with Gasteiger partial charge in [0.05, 0.1) is 24.7 Å². The number of hydrogen-bond acceptors (Lipinski definition) is 4. The molecule has 4 nitrogen and oxygen atoms in total. The van der Waals surface area contributed by atoms with Crippen molar-refractivity contribution < 1.29 is 4.79 Å². The molecule has 0 radical (unpaired) electrons. The van der Waals surface area contributed by atoms with E-state index in [1.807, 2.05) is 41.8 Å². The molecule has 0 aliphatic carbocycles. The number of nitrogens with one attached hydrogen (secondary N) is 2. The second-order valence-corrected chi connectivity index (χ2v) is 8.12. The zero-order valence-corrected chi connectivity index (χ0v) is 16.7. The SMILES string of the molecule is CC(C)C[C@H](NCC#N)C(=O)N[C@@H](c1ccc(Br)cc1)c1cccs1. The van der Waals surface area contributed by atoms with E-state index < -0.39 is 0 Å². The van der Waals surface area contributed by atoms with Crippen molar-refractivity contribution >= 4 is 33.2 Å². The number of hydrogen-bond donors (Lipinski definition) is 2. The monoisotopic (exact) mass is 419 g/mol. The van der Waals surface area contributed by atoms with Crippen molar-refractivity contribution in [2.75, 3.05) is 6.54 Å². The van der Waals surface area contributed by atoms with E-state index in [9.17, 15) is 4.79 Å². The first-order chi connectivity index (χ1) is 12.0. The van der Waals surface area contributed by atoms with Crippen molar-refractivity contribution in [1.29, 1.82) is 5.26 Å². The van der Waals surface area contributed by atoms with Crippen LogP contribution in [0.1, 0.15) is 36.8 Å². The van der Waals surface area contributed by atoms with Crippen LogP contribution < -0.4 is 10.6 Å². The largest absolute Gasteiger partial charge is 0.343 e. The number of nitrogens with zero attached hydrogens (tertiary/aromatic N) is 1. The first kappa shape index (κ1) is 19.6. The molecule has 2 atom stereocenters. The van der Waals surface area contributed by atoms with Crippen LogP contribution in [0.2, 0.25) is 0 Å². The molecule has 1 aromatic heterocycles. The summed E-state index contributed by atoms with van der Waals surface area (Å²) in [6.07, 6.45) is 0.686. The van der Waals surface area contributed by atoms with Crippen LogP contribution in [0.25, 0.3) is 0 Å². The third-order valence-corrected chi connectivity index (χ3v) is 5.23. The lowest BCUT2D eigenvalue weighted by Gasteiger charge is -2.24. The molecule has 6 heteroatoms. The molecular formula is C19H22BrN3OS. The van der Waals surface area contributed by atoms with E-state index in [4.69, 9.17) is 5.26 Å². The van der Waals surface area contributed by atoms with Crippen LogP contribution in [0, 0.1) is 17.2 Å². The number of rotatable bonds is 8. The van der Waals surface area contributed by atoms with E-state index in [2.05, 4.69) is 46.5 Å². The maximum atomic E-state index is 12.8. The first-order valence-electron chi connectivity index (χ1n) is 8.20. The fourth-order valence-corrected chi connectivity index (χ4v) is 3.66. The summed E-state index contributed by atoms with van der Waals surface area (Å²) in [4.78, 5) is 13.9. The van der Waals surface area contributed by atoms with Crippen molar-refractivity contribution in [2.45, 2.75) is 32.4 Å². The highest BCUT2D eigenvalue weighted by Gasteiger charge is 2.24. The Bertz CT molecular complexity index is 707. The highest BCUT2D eigenvalue weighted by atomic mass is 79.9. The van der Waals surface area contributed by atoms with Crippen LogP contribution in [0.4, 0.5) is 0 Å². The lowest BCUT2D eigenvalue weighted by atomic mass is 10.0. The minimum Gasteiger partial charge on any atom is -0.343 e. The van der Waals surface area contributed by atoms with Crippen LogP contribution in [0.3, 0.4) is 0 Å². The van der Waals surface area contributed by atoms with Crippen LogP contribution in [-0.2, 0) is 4.79 Å². The van der Waals surface area contributed by atoms with Crippen molar-refractivity contribution in [3.8, 4) is 6.07 Å². The third-order valence-electron chi connectivity index (χ3n) is 3.77. The summed E-state index contributed by atoms with van der Waals surface area (Å²) in [5.41, 5.74) is 1.03. The molecule has 25 heavy (non-hydrogen) atoms. The number of halogens is 1. The average Bonchev–Trinajstić information content (AvgIpc) is 3.11. The van der Waals surface area contributed by atoms with Gasteiger partial charge in [-0.3, -0.25) is 10.1 Å². The van der Waals surface area contributed by atoms with E-state index >= 15 is 0 Å². The van der Waals surface area contributed by atoms with E-state index in [0.717, 1.165) is 14.9 Å². The van der Waals surface area contributed by atoms with Gasteiger partial charge in [0, 0.05) is 9.35 Å². The van der Waals surface area contributed by atoms with E-state index in [1.165, 1.54) is 0 Å². The Kier molecular flexibility index (Phi) is 7.63. The molecule has 0 aliphatic heterocycles. The summed E-state index contributed by atoms with van der Waals surface area (Å²) in [6, 6.07) is 13.5. The Morgan fingerprint density at radius 2 is 2.00 bits per heavy atom. The molecule has 0 saturated heterocycles. The van der Waals surface area contributed by atoms with E-state index in [0.29, 0.717) is 12.3 Å². The summed E-state index contributed by atoms with van der Waals surface area (Å²) < 4.78 is 1.00.